The van der Waals surface area contributed by atoms with E-state index in [2.05, 4.69) is 10.6 Å². The summed E-state index contributed by atoms with van der Waals surface area (Å²) in [5.74, 6) is -2.39. The number of carboxylic acids is 1. The maximum Gasteiger partial charge on any atom is 0.311 e. The van der Waals surface area contributed by atoms with Gasteiger partial charge in [-0.05, 0) is 0 Å². The number of hydrogen-bond acceptors (Lipinski definition) is 4. The number of nitrogens with one attached hydrogen (secondary N) is 2. The van der Waals surface area contributed by atoms with Gasteiger partial charge in [-0.25, -0.2) is 0 Å². The lowest BCUT2D eigenvalue weighted by Crippen LogP contribution is -2.48. The molecule has 1 saturated heterocycles. The fourth-order valence-corrected chi connectivity index (χ4v) is 1.62. The number of amides is 2. The minimum absolute atomic E-state index is 0.0919. The van der Waals surface area contributed by atoms with Crippen LogP contribution in [0.25, 0.3) is 0 Å². The molecule has 1 heterocycles. The molecule has 0 aromatic carbocycles. The first-order valence-electron chi connectivity index (χ1n) is 6.10. The van der Waals surface area contributed by atoms with Gasteiger partial charge in [0.25, 0.3) is 0 Å². The number of carbonyl (C=O) groups is 3. The van der Waals surface area contributed by atoms with Gasteiger partial charge in [-0.1, -0.05) is 20.8 Å². The van der Waals surface area contributed by atoms with Crippen molar-refractivity contribution >= 4 is 17.8 Å². The van der Waals surface area contributed by atoms with Crippen LogP contribution < -0.4 is 10.6 Å². The predicted molar refractivity (Wildman–Crippen MR) is 66.3 cm³/mol. The minimum atomic E-state index is -0.999. The largest absolute Gasteiger partial charge is 0.481 e. The first-order valence-corrected chi connectivity index (χ1v) is 6.10. The van der Waals surface area contributed by atoms with Gasteiger partial charge in [0.1, 0.15) is 5.92 Å². The van der Waals surface area contributed by atoms with E-state index in [1.165, 1.54) is 0 Å². The van der Waals surface area contributed by atoms with Gasteiger partial charge >= 0.3 is 5.97 Å². The zero-order valence-electron chi connectivity index (χ0n) is 11.4. The fourth-order valence-electron chi connectivity index (χ4n) is 1.62. The molecule has 1 rings (SSSR count). The zero-order valence-corrected chi connectivity index (χ0v) is 11.4. The molecule has 0 bridgehead atoms. The summed E-state index contributed by atoms with van der Waals surface area (Å²) in [6.45, 7) is 5.33. The van der Waals surface area contributed by atoms with Crippen LogP contribution in [0.1, 0.15) is 20.8 Å². The average Bonchev–Trinajstić information content (AvgIpc) is 2.72. The maximum absolute atomic E-state index is 11.6. The monoisotopic (exact) mass is 272 g/mol. The standard InChI is InChI=1S/C12H20N2O5/c1-12(2,3)11(18)13-4-9(15)14-8-6-19-5-7(8)10(16)17/h7-8H,4-6H2,1-3H3,(H,13,18)(H,14,15)(H,16,17). The summed E-state index contributed by atoms with van der Waals surface area (Å²) in [4.78, 5) is 34.1. The molecule has 0 radical (unpaired) electrons. The van der Waals surface area contributed by atoms with E-state index in [4.69, 9.17) is 9.84 Å². The highest BCUT2D eigenvalue weighted by Gasteiger charge is 2.35. The van der Waals surface area contributed by atoms with Gasteiger partial charge in [-0.3, -0.25) is 14.4 Å². The molecule has 2 amide bonds. The highest BCUT2D eigenvalue weighted by atomic mass is 16.5. The Morgan fingerprint density at radius 2 is 1.89 bits per heavy atom. The second-order valence-corrected chi connectivity index (χ2v) is 5.59. The summed E-state index contributed by atoms with van der Waals surface area (Å²) in [5.41, 5.74) is -0.569. The molecule has 2 unspecified atom stereocenters. The van der Waals surface area contributed by atoms with Gasteiger partial charge in [0.2, 0.25) is 11.8 Å². The van der Waals surface area contributed by atoms with Gasteiger partial charge in [0, 0.05) is 5.41 Å². The molecule has 0 aromatic rings. The lowest BCUT2D eigenvalue weighted by Gasteiger charge is -2.19. The Kier molecular flexibility index (Phi) is 4.88. The second-order valence-electron chi connectivity index (χ2n) is 5.59. The number of aliphatic carboxylic acids is 1. The first kappa shape index (κ1) is 15.4. The summed E-state index contributed by atoms with van der Waals surface area (Å²) in [6, 6.07) is -0.545. The van der Waals surface area contributed by atoms with Crippen molar-refractivity contribution in [1.29, 1.82) is 0 Å². The summed E-state index contributed by atoms with van der Waals surface area (Å²) in [6.07, 6.45) is 0. The molecule has 0 aromatic heterocycles. The van der Waals surface area contributed by atoms with Gasteiger partial charge in [-0.2, -0.15) is 0 Å². The third kappa shape index (κ3) is 4.51. The maximum atomic E-state index is 11.6. The number of rotatable bonds is 4. The Hall–Kier alpha value is -1.63. The number of carboxylic acid groups (broad SMARTS) is 1. The van der Waals surface area contributed by atoms with Crippen molar-refractivity contribution in [2.45, 2.75) is 26.8 Å². The summed E-state index contributed by atoms with van der Waals surface area (Å²) >= 11 is 0. The van der Waals surface area contributed by atoms with Crippen LogP contribution in [0.3, 0.4) is 0 Å². The molecule has 7 heteroatoms. The second kappa shape index (κ2) is 6.01. The smallest absolute Gasteiger partial charge is 0.311 e. The Morgan fingerprint density at radius 3 is 2.42 bits per heavy atom. The third-order valence-corrected chi connectivity index (χ3v) is 2.83. The fraction of sp³-hybridized carbons (Fsp3) is 0.750. The van der Waals surface area contributed by atoms with Crippen LogP contribution in [0.4, 0.5) is 0 Å². The average molecular weight is 272 g/mol. The van der Waals surface area contributed by atoms with E-state index in [1.54, 1.807) is 20.8 Å². The normalized spacial score (nSPS) is 22.9. The van der Waals surface area contributed by atoms with Gasteiger partial charge in [0.05, 0.1) is 25.8 Å². The van der Waals surface area contributed by atoms with Crippen LogP contribution in [0.15, 0.2) is 0 Å². The predicted octanol–water partition coefficient (Wildman–Crippen LogP) is -0.635. The Balaban J connectivity index is 2.40. The van der Waals surface area contributed by atoms with Gasteiger partial charge in [0.15, 0.2) is 0 Å². The summed E-state index contributed by atoms with van der Waals surface area (Å²) in [7, 11) is 0. The van der Waals surface area contributed by atoms with Gasteiger partial charge < -0.3 is 20.5 Å². The molecule has 2 atom stereocenters. The molecule has 1 fully saturated rings. The van der Waals surface area contributed by atoms with Crippen molar-refractivity contribution in [3.63, 3.8) is 0 Å². The van der Waals surface area contributed by atoms with E-state index in [0.717, 1.165) is 0 Å². The van der Waals surface area contributed by atoms with E-state index < -0.39 is 29.3 Å². The number of ether oxygens (including phenoxy) is 1. The molecular weight excluding hydrogens is 252 g/mol. The van der Waals surface area contributed by atoms with Crippen molar-refractivity contribution in [3.05, 3.63) is 0 Å². The van der Waals surface area contributed by atoms with Crippen LogP contribution in [0.2, 0.25) is 0 Å². The van der Waals surface area contributed by atoms with Crippen molar-refractivity contribution < 1.29 is 24.2 Å². The van der Waals surface area contributed by atoms with E-state index in [-0.39, 0.29) is 25.7 Å². The molecule has 0 aliphatic carbocycles. The lowest BCUT2D eigenvalue weighted by molar-refractivity contribution is -0.142. The minimum Gasteiger partial charge on any atom is -0.481 e. The van der Waals surface area contributed by atoms with Crippen molar-refractivity contribution in [2.24, 2.45) is 11.3 Å². The number of carbonyl (C=O) groups excluding carboxylic acids is 2. The molecule has 7 nitrogen and oxygen atoms in total. The Bertz CT molecular complexity index is 375. The van der Waals surface area contributed by atoms with Crippen molar-refractivity contribution in [3.8, 4) is 0 Å². The quantitative estimate of drug-likeness (QED) is 0.631. The zero-order chi connectivity index (χ0) is 14.6. The molecular formula is C12H20N2O5. The number of hydrogen-bond donors (Lipinski definition) is 3. The van der Waals surface area contributed by atoms with Crippen LogP contribution in [-0.4, -0.2) is 48.7 Å². The van der Waals surface area contributed by atoms with E-state index in [0.29, 0.717) is 0 Å². The molecule has 19 heavy (non-hydrogen) atoms. The first-order chi connectivity index (χ1) is 8.71. The molecule has 0 spiro atoms. The summed E-state index contributed by atoms with van der Waals surface area (Å²) < 4.78 is 5.03. The lowest BCUT2D eigenvalue weighted by atomic mass is 9.96. The Morgan fingerprint density at radius 1 is 1.26 bits per heavy atom. The van der Waals surface area contributed by atoms with Crippen molar-refractivity contribution in [2.75, 3.05) is 19.8 Å². The Labute approximate surface area is 111 Å². The van der Waals surface area contributed by atoms with E-state index >= 15 is 0 Å². The van der Waals surface area contributed by atoms with Crippen molar-refractivity contribution in [1.82, 2.24) is 10.6 Å². The van der Waals surface area contributed by atoms with E-state index in [1.807, 2.05) is 0 Å². The molecule has 108 valence electrons. The highest BCUT2D eigenvalue weighted by molar-refractivity contribution is 5.87. The molecule has 0 saturated carbocycles. The van der Waals surface area contributed by atoms with E-state index in [9.17, 15) is 14.4 Å². The van der Waals surface area contributed by atoms with Crippen LogP contribution in [0.5, 0.6) is 0 Å². The molecule has 1 aliphatic heterocycles. The van der Waals surface area contributed by atoms with Crippen LogP contribution >= 0.6 is 0 Å². The van der Waals surface area contributed by atoms with Gasteiger partial charge in [-0.15, -0.1) is 0 Å². The molecule has 1 aliphatic rings. The van der Waals surface area contributed by atoms with Crippen LogP contribution in [0, 0.1) is 11.3 Å². The van der Waals surface area contributed by atoms with Crippen LogP contribution in [-0.2, 0) is 19.1 Å². The topological polar surface area (TPSA) is 105 Å². The highest BCUT2D eigenvalue weighted by Crippen LogP contribution is 2.14. The third-order valence-electron chi connectivity index (χ3n) is 2.83. The SMILES string of the molecule is CC(C)(C)C(=O)NCC(=O)NC1COCC1C(=O)O. The summed E-state index contributed by atoms with van der Waals surface area (Å²) in [5, 5.41) is 14.0. The molecule has 3 N–H and O–H groups in total.